The number of hydrogen-bond donors (Lipinski definition) is 1. The standard InChI is InChI=1S/C15H11NO3/c17-14(11-5-2-1-3-6-11)10-9-12-7-4-8-13(16-12)15(18)19/h1-10H,(H,18,19)/b10-9+. The second-order valence-electron chi connectivity index (χ2n) is 3.82. The first-order chi connectivity index (χ1) is 9.16. The second-order valence-corrected chi connectivity index (χ2v) is 3.82. The Kier molecular flexibility index (Phi) is 3.83. The zero-order chi connectivity index (χ0) is 13.7. The van der Waals surface area contributed by atoms with E-state index in [1.54, 1.807) is 36.4 Å². The molecule has 0 unspecified atom stereocenters. The molecule has 0 atom stereocenters. The number of rotatable bonds is 4. The van der Waals surface area contributed by atoms with E-state index in [2.05, 4.69) is 4.98 Å². The summed E-state index contributed by atoms with van der Waals surface area (Å²) in [6.07, 6.45) is 2.88. The van der Waals surface area contributed by atoms with Crippen molar-refractivity contribution in [2.45, 2.75) is 0 Å². The fourth-order valence-corrected chi connectivity index (χ4v) is 1.52. The van der Waals surface area contributed by atoms with Gasteiger partial charge in [-0.3, -0.25) is 4.79 Å². The molecule has 0 aliphatic rings. The summed E-state index contributed by atoms with van der Waals surface area (Å²) in [5.41, 5.74) is 0.964. The van der Waals surface area contributed by atoms with Crippen LogP contribution in [0.1, 0.15) is 26.5 Å². The average Bonchev–Trinajstić information content (AvgIpc) is 2.46. The molecule has 0 saturated heterocycles. The van der Waals surface area contributed by atoms with Gasteiger partial charge in [-0.15, -0.1) is 0 Å². The second kappa shape index (κ2) is 5.73. The van der Waals surface area contributed by atoms with Gasteiger partial charge < -0.3 is 5.11 Å². The maximum Gasteiger partial charge on any atom is 0.354 e. The smallest absolute Gasteiger partial charge is 0.354 e. The van der Waals surface area contributed by atoms with Crippen molar-refractivity contribution in [2.75, 3.05) is 0 Å². The highest BCUT2D eigenvalue weighted by molar-refractivity contribution is 6.06. The minimum absolute atomic E-state index is 0.0469. The molecule has 0 spiro atoms. The maximum atomic E-state index is 11.8. The number of pyridine rings is 1. The number of benzene rings is 1. The third-order valence-electron chi connectivity index (χ3n) is 2.45. The van der Waals surface area contributed by atoms with Gasteiger partial charge in [0.25, 0.3) is 0 Å². The molecule has 1 N–H and O–H groups in total. The van der Waals surface area contributed by atoms with Gasteiger partial charge in [-0.2, -0.15) is 0 Å². The van der Waals surface area contributed by atoms with Gasteiger partial charge in [-0.05, 0) is 24.3 Å². The lowest BCUT2D eigenvalue weighted by molar-refractivity contribution is 0.0690. The highest BCUT2D eigenvalue weighted by Crippen LogP contribution is 2.05. The molecule has 4 heteroatoms. The number of hydrogen-bond acceptors (Lipinski definition) is 3. The van der Waals surface area contributed by atoms with E-state index in [9.17, 15) is 9.59 Å². The van der Waals surface area contributed by atoms with Crippen molar-refractivity contribution < 1.29 is 14.7 Å². The SMILES string of the molecule is O=C(/C=C/c1cccc(C(=O)O)n1)c1ccccc1. The summed E-state index contributed by atoms with van der Waals surface area (Å²) in [4.78, 5) is 26.5. The van der Waals surface area contributed by atoms with Crippen molar-refractivity contribution >= 4 is 17.8 Å². The lowest BCUT2D eigenvalue weighted by Gasteiger charge is -1.96. The lowest BCUT2D eigenvalue weighted by atomic mass is 10.1. The van der Waals surface area contributed by atoms with Crippen LogP contribution in [0.2, 0.25) is 0 Å². The molecule has 2 aromatic rings. The first-order valence-corrected chi connectivity index (χ1v) is 5.64. The third-order valence-corrected chi connectivity index (χ3v) is 2.45. The van der Waals surface area contributed by atoms with Crippen LogP contribution in [-0.2, 0) is 0 Å². The van der Waals surface area contributed by atoms with Gasteiger partial charge in [0.2, 0.25) is 0 Å². The van der Waals surface area contributed by atoms with Crippen molar-refractivity contribution in [1.29, 1.82) is 0 Å². The number of carbonyl (C=O) groups is 2. The molecule has 2 rings (SSSR count). The van der Waals surface area contributed by atoms with Gasteiger partial charge in [0, 0.05) is 5.56 Å². The minimum Gasteiger partial charge on any atom is -0.477 e. The molecule has 0 saturated carbocycles. The quantitative estimate of drug-likeness (QED) is 0.672. The predicted octanol–water partition coefficient (Wildman–Crippen LogP) is 2.68. The molecule has 1 heterocycles. The van der Waals surface area contributed by atoms with Crippen molar-refractivity contribution in [2.24, 2.45) is 0 Å². The molecule has 0 amide bonds. The molecule has 0 bridgehead atoms. The number of allylic oxidation sites excluding steroid dienone is 1. The van der Waals surface area contributed by atoms with Gasteiger partial charge in [0.05, 0.1) is 5.69 Å². The number of nitrogens with zero attached hydrogens (tertiary/aromatic N) is 1. The van der Waals surface area contributed by atoms with E-state index in [1.807, 2.05) is 6.07 Å². The van der Waals surface area contributed by atoms with E-state index >= 15 is 0 Å². The molecule has 1 aromatic heterocycles. The fraction of sp³-hybridized carbons (Fsp3) is 0. The van der Waals surface area contributed by atoms with Crippen molar-refractivity contribution in [3.8, 4) is 0 Å². The summed E-state index contributed by atoms with van der Waals surface area (Å²) in [6.45, 7) is 0. The number of ketones is 1. The summed E-state index contributed by atoms with van der Waals surface area (Å²) in [5, 5.41) is 8.81. The molecule has 94 valence electrons. The summed E-state index contributed by atoms with van der Waals surface area (Å²) in [7, 11) is 0. The highest BCUT2D eigenvalue weighted by atomic mass is 16.4. The first-order valence-electron chi connectivity index (χ1n) is 5.64. The van der Waals surface area contributed by atoms with E-state index in [0.29, 0.717) is 11.3 Å². The number of carboxylic acid groups (broad SMARTS) is 1. The van der Waals surface area contributed by atoms with Crippen LogP contribution in [-0.4, -0.2) is 21.8 Å². The Morgan fingerprint density at radius 1 is 1.00 bits per heavy atom. The van der Waals surface area contributed by atoms with Crippen LogP contribution >= 0.6 is 0 Å². The molecular weight excluding hydrogens is 242 g/mol. The Balaban J connectivity index is 2.17. The largest absolute Gasteiger partial charge is 0.477 e. The monoisotopic (exact) mass is 253 g/mol. The summed E-state index contributed by atoms with van der Waals surface area (Å²) in [5.74, 6) is -1.24. The minimum atomic E-state index is -1.09. The van der Waals surface area contributed by atoms with Crippen molar-refractivity contribution in [3.05, 3.63) is 71.6 Å². The molecule has 0 fully saturated rings. The Bertz CT molecular complexity index is 633. The van der Waals surface area contributed by atoms with Crippen LogP contribution in [0.25, 0.3) is 6.08 Å². The van der Waals surface area contributed by atoms with E-state index < -0.39 is 5.97 Å². The Hall–Kier alpha value is -2.75. The maximum absolute atomic E-state index is 11.8. The van der Waals surface area contributed by atoms with Gasteiger partial charge in [-0.25, -0.2) is 9.78 Å². The third kappa shape index (κ3) is 3.35. The highest BCUT2D eigenvalue weighted by Gasteiger charge is 2.04. The first kappa shape index (κ1) is 12.7. The zero-order valence-electron chi connectivity index (χ0n) is 9.98. The average molecular weight is 253 g/mol. The Morgan fingerprint density at radius 2 is 1.74 bits per heavy atom. The van der Waals surface area contributed by atoms with Gasteiger partial charge in [-0.1, -0.05) is 36.4 Å². The van der Waals surface area contributed by atoms with Crippen LogP contribution < -0.4 is 0 Å². The van der Waals surface area contributed by atoms with Gasteiger partial charge >= 0.3 is 5.97 Å². The van der Waals surface area contributed by atoms with Crippen LogP contribution in [0, 0.1) is 0 Å². The number of carboxylic acids is 1. The number of carbonyl (C=O) groups excluding carboxylic acids is 1. The molecule has 0 radical (unpaired) electrons. The van der Waals surface area contributed by atoms with Gasteiger partial charge in [0.1, 0.15) is 5.69 Å². The summed E-state index contributed by atoms with van der Waals surface area (Å²) >= 11 is 0. The number of aromatic nitrogens is 1. The number of aromatic carboxylic acids is 1. The van der Waals surface area contributed by atoms with Gasteiger partial charge in [0.15, 0.2) is 5.78 Å². The molecule has 0 aliphatic carbocycles. The van der Waals surface area contributed by atoms with E-state index in [0.717, 1.165) is 0 Å². The fourth-order valence-electron chi connectivity index (χ4n) is 1.52. The van der Waals surface area contributed by atoms with Crippen LogP contribution in [0.15, 0.2) is 54.6 Å². The van der Waals surface area contributed by atoms with Crippen LogP contribution in [0.4, 0.5) is 0 Å². The Morgan fingerprint density at radius 3 is 2.42 bits per heavy atom. The summed E-state index contributed by atoms with van der Waals surface area (Å²) < 4.78 is 0. The molecule has 19 heavy (non-hydrogen) atoms. The molecule has 4 nitrogen and oxygen atoms in total. The molecule has 0 aliphatic heterocycles. The van der Waals surface area contributed by atoms with Crippen molar-refractivity contribution in [3.63, 3.8) is 0 Å². The summed E-state index contributed by atoms with van der Waals surface area (Å²) in [6, 6.07) is 13.5. The molecular formula is C15H11NO3. The Labute approximate surface area is 110 Å². The van der Waals surface area contributed by atoms with Crippen LogP contribution in [0.5, 0.6) is 0 Å². The predicted molar refractivity (Wildman–Crippen MR) is 71.0 cm³/mol. The normalized spacial score (nSPS) is 10.5. The van der Waals surface area contributed by atoms with E-state index in [-0.39, 0.29) is 11.5 Å². The topological polar surface area (TPSA) is 67.3 Å². The van der Waals surface area contributed by atoms with Crippen LogP contribution in [0.3, 0.4) is 0 Å². The van der Waals surface area contributed by atoms with E-state index in [1.165, 1.54) is 18.2 Å². The van der Waals surface area contributed by atoms with Crippen molar-refractivity contribution in [1.82, 2.24) is 4.98 Å². The molecule has 1 aromatic carbocycles. The van der Waals surface area contributed by atoms with E-state index in [4.69, 9.17) is 5.11 Å². The zero-order valence-corrected chi connectivity index (χ0v) is 9.98. The lowest BCUT2D eigenvalue weighted by Crippen LogP contribution is -2.00.